The first kappa shape index (κ1) is 12.3. The zero-order valence-electron chi connectivity index (χ0n) is 11.7. The van der Waals surface area contributed by atoms with Crippen LogP contribution in [0.5, 0.6) is 0 Å². The first-order chi connectivity index (χ1) is 9.14. The Hall–Kier alpha value is -0.410. The third kappa shape index (κ3) is 1.33. The van der Waals surface area contributed by atoms with Crippen molar-refractivity contribution in [1.82, 2.24) is 0 Å². The fourth-order valence-electron chi connectivity index (χ4n) is 5.94. The van der Waals surface area contributed by atoms with Gasteiger partial charge in [0.05, 0.1) is 17.6 Å². The molecule has 4 fully saturated rings. The van der Waals surface area contributed by atoms with Gasteiger partial charge in [-0.25, -0.2) is 0 Å². The van der Waals surface area contributed by atoms with E-state index in [1.807, 2.05) is 0 Å². The number of hydrogen-bond donors (Lipinski definition) is 1. The Bertz CT molecular complexity index is 420. The van der Waals surface area contributed by atoms with Crippen LogP contribution in [0.3, 0.4) is 0 Å². The van der Waals surface area contributed by atoms with Gasteiger partial charge in [-0.1, -0.05) is 12.8 Å². The smallest absolute Gasteiger partial charge is 0.148 e. The van der Waals surface area contributed by atoms with Crippen LogP contribution in [0.2, 0.25) is 0 Å². The minimum atomic E-state index is -0.380. The quantitative estimate of drug-likeness (QED) is 0.790. The van der Waals surface area contributed by atoms with Gasteiger partial charge in [0.25, 0.3) is 0 Å². The van der Waals surface area contributed by atoms with E-state index in [1.165, 1.54) is 19.3 Å². The molecule has 0 aliphatic heterocycles. The van der Waals surface area contributed by atoms with E-state index in [0.717, 1.165) is 32.1 Å². The first-order valence-electron chi connectivity index (χ1n) is 7.90. The zero-order valence-corrected chi connectivity index (χ0v) is 11.7. The van der Waals surface area contributed by atoms with Gasteiger partial charge in [-0.2, -0.15) is 0 Å². The molecule has 0 radical (unpaired) electrons. The maximum absolute atomic E-state index is 13.1. The molecule has 0 amide bonds. The Labute approximate surface area is 114 Å². The highest BCUT2D eigenvalue weighted by Gasteiger charge is 2.79. The van der Waals surface area contributed by atoms with Crippen molar-refractivity contribution in [2.75, 3.05) is 7.11 Å². The Morgan fingerprint density at radius 1 is 1.26 bits per heavy atom. The Kier molecular flexibility index (Phi) is 2.48. The van der Waals surface area contributed by atoms with Crippen LogP contribution in [0.4, 0.5) is 0 Å². The zero-order chi connectivity index (χ0) is 13.3. The lowest BCUT2D eigenvalue weighted by Gasteiger charge is -2.48. The normalized spacial score (nSPS) is 56.0. The molecule has 0 saturated heterocycles. The van der Waals surface area contributed by atoms with Gasteiger partial charge in [0.2, 0.25) is 0 Å². The third-order valence-electron chi connectivity index (χ3n) is 6.81. The highest BCUT2D eigenvalue weighted by Crippen LogP contribution is 2.78. The van der Waals surface area contributed by atoms with Crippen LogP contribution in [0.15, 0.2) is 0 Å². The minimum absolute atomic E-state index is 0.0714. The summed E-state index contributed by atoms with van der Waals surface area (Å²) in [5.74, 6) is 0.955. The van der Waals surface area contributed by atoms with Gasteiger partial charge in [0.1, 0.15) is 5.78 Å². The Balaban J connectivity index is 1.72. The third-order valence-corrected chi connectivity index (χ3v) is 6.81. The number of Topliss-reactive ketones (excluding diaryl/α,β-unsaturated/α-hetero) is 1. The lowest BCUT2D eigenvalue weighted by Crippen LogP contribution is -2.53. The summed E-state index contributed by atoms with van der Waals surface area (Å²) >= 11 is 0. The van der Waals surface area contributed by atoms with Gasteiger partial charge < -0.3 is 9.84 Å². The number of carbonyl (C=O) groups is 1. The van der Waals surface area contributed by atoms with Crippen molar-refractivity contribution in [2.45, 2.75) is 63.6 Å². The predicted molar refractivity (Wildman–Crippen MR) is 70.6 cm³/mol. The second-order valence-corrected chi connectivity index (χ2v) is 7.40. The van der Waals surface area contributed by atoms with Gasteiger partial charge >= 0.3 is 0 Å². The van der Waals surface area contributed by atoms with E-state index in [0.29, 0.717) is 11.7 Å². The molecule has 4 saturated carbocycles. The van der Waals surface area contributed by atoms with Crippen LogP contribution >= 0.6 is 0 Å². The van der Waals surface area contributed by atoms with Gasteiger partial charge in [0, 0.05) is 13.0 Å². The molecule has 0 aromatic rings. The second kappa shape index (κ2) is 3.82. The fraction of sp³-hybridized carbons (Fsp3) is 0.938. The second-order valence-electron chi connectivity index (χ2n) is 7.40. The summed E-state index contributed by atoms with van der Waals surface area (Å²) in [4.78, 5) is 13.1. The monoisotopic (exact) mass is 264 g/mol. The summed E-state index contributed by atoms with van der Waals surface area (Å²) in [5.41, 5.74) is -0.181. The predicted octanol–water partition coefficient (Wildman–Crippen LogP) is 2.31. The highest BCUT2D eigenvalue weighted by atomic mass is 16.5. The van der Waals surface area contributed by atoms with Crippen LogP contribution in [0.1, 0.15) is 51.4 Å². The van der Waals surface area contributed by atoms with Crippen molar-refractivity contribution in [3.63, 3.8) is 0 Å². The van der Waals surface area contributed by atoms with Gasteiger partial charge in [0.15, 0.2) is 0 Å². The number of aliphatic hydroxyl groups is 1. The molecule has 4 aliphatic rings. The number of hydrogen-bond acceptors (Lipinski definition) is 3. The first-order valence-corrected chi connectivity index (χ1v) is 7.90. The van der Waals surface area contributed by atoms with Crippen molar-refractivity contribution in [2.24, 2.45) is 22.7 Å². The number of methoxy groups -OCH3 is 1. The molecule has 4 rings (SSSR count). The van der Waals surface area contributed by atoms with Crippen molar-refractivity contribution in [3.8, 4) is 0 Å². The average Bonchev–Trinajstić information content (AvgIpc) is 3.10. The van der Waals surface area contributed by atoms with Gasteiger partial charge in [-0.3, -0.25) is 4.79 Å². The molecule has 0 spiro atoms. The number of carbonyl (C=O) groups excluding carboxylic acids is 1. The summed E-state index contributed by atoms with van der Waals surface area (Å²) in [7, 11) is 1.74. The molecule has 1 N–H and O–H groups in total. The summed E-state index contributed by atoms with van der Waals surface area (Å²) in [5, 5.41) is 10.5. The minimum Gasteiger partial charge on any atom is -0.392 e. The maximum Gasteiger partial charge on any atom is 0.148 e. The number of rotatable bonds is 1. The van der Waals surface area contributed by atoms with Crippen LogP contribution in [0, 0.1) is 22.7 Å². The topological polar surface area (TPSA) is 46.5 Å². The van der Waals surface area contributed by atoms with Gasteiger partial charge in [-0.15, -0.1) is 0 Å². The molecular weight excluding hydrogens is 240 g/mol. The number of aliphatic hydroxyl groups excluding tert-OH is 1. The summed E-state index contributed by atoms with van der Waals surface area (Å²) in [6.45, 7) is 0. The number of fused-ring (bicyclic) bond motifs is 1. The van der Waals surface area contributed by atoms with E-state index in [2.05, 4.69) is 0 Å². The van der Waals surface area contributed by atoms with E-state index in [-0.39, 0.29) is 29.0 Å². The van der Waals surface area contributed by atoms with E-state index in [1.54, 1.807) is 7.11 Å². The summed E-state index contributed by atoms with van der Waals surface area (Å²) < 4.78 is 5.60. The average molecular weight is 264 g/mol. The molecule has 0 aromatic heterocycles. The molecule has 6 atom stereocenters. The van der Waals surface area contributed by atoms with Crippen molar-refractivity contribution < 1.29 is 14.6 Å². The molecule has 3 heteroatoms. The number of ether oxygens (including phenoxy) is 1. The molecule has 19 heavy (non-hydrogen) atoms. The van der Waals surface area contributed by atoms with Crippen LogP contribution in [0.25, 0.3) is 0 Å². The van der Waals surface area contributed by atoms with E-state index in [9.17, 15) is 9.90 Å². The van der Waals surface area contributed by atoms with Crippen LogP contribution in [-0.4, -0.2) is 30.2 Å². The summed E-state index contributed by atoms with van der Waals surface area (Å²) in [6.07, 6.45) is 8.33. The molecule has 3 nitrogen and oxygen atoms in total. The Morgan fingerprint density at radius 3 is 2.89 bits per heavy atom. The molecule has 0 aromatic carbocycles. The van der Waals surface area contributed by atoms with Crippen molar-refractivity contribution >= 4 is 5.78 Å². The van der Waals surface area contributed by atoms with Crippen molar-refractivity contribution in [3.05, 3.63) is 0 Å². The molecule has 6 unspecified atom stereocenters. The molecular formula is C16H24O3. The standard InChI is InChI=1S/C16H24O3/c1-19-11-5-2-4-10-8-15-7-3-6-12(17)16(15,9-15)14(18)13(10)11/h10-13,17H,2-9H2,1H3. The van der Waals surface area contributed by atoms with Crippen LogP contribution in [-0.2, 0) is 9.53 Å². The summed E-state index contributed by atoms with van der Waals surface area (Å²) in [6, 6.07) is 0. The molecule has 0 heterocycles. The Morgan fingerprint density at radius 2 is 2.11 bits per heavy atom. The molecule has 4 aliphatic carbocycles. The largest absolute Gasteiger partial charge is 0.392 e. The fourth-order valence-corrected chi connectivity index (χ4v) is 5.94. The SMILES string of the molecule is COC1CCCC2CC34CCCC(O)C3(C4)C(=O)C21. The van der Waals surface area contributed by atoms with E-state index < -0.39 is 0 Å². The highest BCUT2D eigenvalue weighted by molar-refractivity contribution is 5.94. The van der Waals surface area contributed by atoms with E-state index in [4.69, 9.17) is 4.74 Å². The van der Waals surface area contributed by atoms with E-state index >= 15 is 0 Å². The lowest BCUT2D eigenvalue weighted by molar-refractivity contribution is -0.154. The van der Waals surface area contributed by atoms with Crippen molar-refractivity contribution in [1.29, 1.82) is 0 Å². The molecule has 0 bridgehead atoms. The van der Waals surface area contributed by atoms with Crippen LogP contribution < -0.4 is 0 Å². The number of ketones is 1. The molecule has 106 valence electrons. The maximum atomic E-state index is 13.1. The lowest BCUT2D eigenvalue weighted by atomic mass is 9.57. The van der Waals surface area contributed by atoms with Gasteiger partial charge in [-0.05, 0) is 49.9 Å².